The highest BCUT2D eigenvalue weighted by Crippen LogP contribution is 2.43. The average molecular weight is 425 g/mol. The Bertz CT molecular complexity index is 769. The van der Waals surface area contributed by atoms with Gasteiger partial charge in [-0.1, -0.05) is 11.6 Å². The first-order chi connectivity index (χ1) is 13.8. The highest BCUT2D eigenvalue weighted by molar-refractivity contribution is 6.31. The Kier molecular flexibility index (Phi) is 5.82. The van der Waals surface area contributed by atoms with Gasteiger partial charge in [0.15, 0.2) is 0 Å². The Morgan fingerprint density at radius 1 is 1.21 bits per heavy atom. The number of esters is 1. The van der Waals surface area contributed by atoms with Crippen LogP contribution in [0.25, 0.3) is 0 Å². The van der Waals surface area contributed by atoms with Gasteiger partial charge in [0.05, 0.1) is 11.5 Å². The molecule has 158 valence electrons. The molecule has 8 heteroatoms. The topological polar surface area (TPSA) is 70.1 Å². The molecule has 1 N–H and O–H groups in total. The Balaban J connectivity index is 1.34. The number of halogens is 2. The van der Waals surface area contributed by atoms with Crippen molar-refractivity contribution in [1.82, 2.24) is 9.80 Å². The Morgan fingerprint density at radius 2 is 1.90 bits per heavy atom. The molecule has 1 spiro atoms. The summed E-state index contributed by atoms with van der Waals surface area (Å²) in [5, 5.41) is 9.83. The van der Waals surface area contributed by atoms with Crippen LogP contribution in [0.5, 0.6) is 0 Å². The van der Waals surface area contributed by atoms with Gasteiger partial charge in [-0.25, -0.2) is 4.39 Å². The number of aliphatic hydroxyl groups excluding tert-OH is 1. The zero-order chi connectivity index (χ0) is 20.6. The van der Waals surface area contributed by atoms with E-state index in [2.05, 4.69) is 4.90 Å². The quantitative estimate of drug-likeness (QED) is 0.755. The van der Waals surface area contributed by atoms with Crippen molar-refractivity contribution >= 4 is 23.5 Å². The number of hydrogen-bond acceptors (Lipinski definition) is 5. The zero-order valence-corrected chi connectivity index (χ0v) is 17.0. The van der Waals surface area contributed by atoms with E-state index >= 15 is 0 Å². The molecule has 0 saturated carbocycles. The largest absolute Gasteiger partial charge is 0.461 e. The molecule has 0 bridgehead atoms. The van der Waals surface area contributed by atoms with Gasteiger partial charge >= 0.3 is 5.97 Å². The summed E-state index contributed by atoms with van der Waals surface area (Å²) in [5.74, 6) is -0.974. The van der Waals surface area contributed by atoms with Crippen LogP contribution in [0, 0.1) is 11.2 Å². The molecule has 3 aliphatic heterocycles. The van der Waals surface area contributed by atoms with Gasteiger partial charge in [0.2, 0.25) is 0 Å². The Labute approximate surface area is 174 Å². The number of ether oxygens (including phenoxy) is 1. The zero-order valence-electron chi connectivity index (χ0n) is 16.3. The van der Waals surface area contributed by atoms with Crippen LogP contribution in [0.4, 0.5) is 4.39 Å². The maximum absolute atomic E-state index is 13.6. The van der Waals surface area contributed by atoms with E-state index in [1.54, 1.807) is 4.90 Å². The van der Waals surface area contributed by atoms with Crippen molar-refractivity contribution in [3.63, 3.8) is 0 Å². The summed E-state index contributed by atoms with van der Waals surface area (Å²) in [6.07, 6.45) is 2.92. The van der Waals surface area contributed by atoms with E-state index in [1.165, 1.54) is 18.2 Å². The monoisotopic (exact) mass is 424 g/mol. The molecule has 1 aromatic rings. The van der Waals surface area contributed by atoms with Crippen molar-refractivity contribution in [2.45, 2.75) is 44.3 Å². The summed E-state index contributed by atoms with van der Waals surface area (Å²) >= 11 is 5.86. The number of likely N-dealkylation sites (tertiary alicyclic amines) is 2. The molecule has 3 fully saturated rings. The molecule has 3 heterocycles. The van der Waals surface area contributed by atoms with E-state index in [0.717, 1.165) is 25.9 Å². The summed E-state index contributed by atoms with van der Waals surface area (Å²) in [6.45, 7) is 3.21. The number of nitrogens with zero attached hydrogens (tertiary/aromatic N) is 2. The molecule has 0 aliphatic carbocycles. The van der Waals surface area contributed by atoms with Crippen LogP contribution in [-0.2, 0) is 9.53 Å². The number of aliphatic hydroxyl groups is 1. The summed E-state index contributed by atoms with van der Waals surface area (Å²) < 4.78 is 19.3. The molecule has 0 aromatic heterocycles. The molecule has 4 rings (SSSR count). The summed E-state index contributed by atoms with van der Waals surface area (Å²) in [7, 11) is 0. The molecule has 1 aromatic carbocycles. The second-order valence-corrected chi connectivity index (χ2v) is 8.93. The minimum atomic E-state index is -0.540. The lowest BCUT2D eigenvalue weighted by Crippen LogP contribution is -2.45. The number of carbonyl (C=O) groups is 2. The predicted octanol–water partition coefficient (Wildman–Crippen LogP) is 2.47. The van der Waals surface area contributed by atoms with Crippen LogP contribution in [0.3, 0.4) is 0 Å². The number of piperidine rings is 2. The van der Waals surface area contributed by atoms with Crippen LogP contribution in [-0.4, -0.2) is 71.7 Å². The minimum Gasteiger partial charge on any atom is -0.461 e. The fourth-order valence-corrected chi connectivity index (χ4v) is 4.96. The molecule has 3 saturated heterocycles. The van der Waals surface area contributed by atoms with Crippen molar-refractivity contribution in [3.8, 4) is 0 Å². The standard InChI is InChI=1S/C21H26ClFN2O4/c22-15-9-14(10-16(23)11-15)19(27)25-7-3-21(4-8-25)12-18(29-20(21)28)13-24-5-1-17(26)2-6-24/h9-11,17-18,26H,1-8,12-13H2. The molecule has 1 atom stereocenters. The number of carbonyl (C=O) groups excluding carboxylic acids is 2. The van der Waals surface area contributed by atoms with Gasteiger partial charge < -0.3 is 14.7 Å². The molecular formula is C21H26ClFN2O4. The van der Waals surface area contributed by atoms with Crippen molar-refractivity contribution < 1.29 is 23.8 Å². The second kappa shape index (κ2) is 8.20. The first-order valence-electron chi connectivity index (χ1n) is 10.2. The van der Waals surface area contributed by atoms with E-state index in [0.29, 0.717) is 38.9 Å². The number of amides is 1. The molecule has 6 nitrogen and oxygen atoms in total. The van der Waals surface area contributed by atoms with Crippen LogP contribution in [0.2, 0.25) is 5.02 Å². The van der Waals surface area contributed by atoms with Crippen LogP contribution < -0.4 is 0 Å². The first kappa shape index (κ1) is 20.6. The molecular weight excluding hydrogens is 399 g/mol. The third kappa shape index (κ3) is 4.42. The highest BCUT2D eigenvalue weighted by Gasteiger charge is 2.51. The maximum atomic E-state index is 13.6. The highest BCUT2D eigenvalue weighted by atomic mass is 35.5. The molecule has 3 aliphatic rings. The van der Waals surface area contributed by atoms with Gasteiger partial charge in [-0.05, 0) is 43.9 Å². The molecule has 1 amide bonds. The third-order valence-electron chi connectivity index (χ3n) is 6.46. The van der Waals surface area contributed by atoms with E-state index in [-0.39, 0.29) is 34.7 Å². The molecule has 29 heavy (non-hydrogen) atoms. The average Bonchev–Trinajstić information content (AvgIpc) is 2.97. The maximum Gasteiger partial charge on any atom is 0.312 e. The smallest absolute Gasteiger partial charge is 0.312 e. The first-order valence-corrected chi connectivity index (χ1v) is 10.6. The minimum absolute atomic E-state index is 0.137. The van der Waals surface area contributed by atoms with Gasteiger partial charge in [0.1, 0.15) is 11.9 Å². The molecule has 1 unspecified atom stereocenters. The van der Waals surface area contributed by atoms with Crippen molar-refractivity contribution in [2.24, 2.45) is 5.41 Å². The summed E-state index contributed by atoms with van der Waals surface area (Å²) in [4.78, 5) is 29.2. The van der Waals surface area contributed by atoms with E-state index in [4.69, 9.17) is 16.3 Å². The Morgan fingerprint density at radius 3 is 2.55 bits per heavy atom. The van der Waals surface area contributed by atoms with Crippen LogP contribution in [0.1, 0.15) is 42.5 Å². The van der Waals surface area contributed by atoms with Gasteiger partial charge in [-0.15, -0.1) is 0 Å². The fraction of sp³-hybridized carbons (Fsp3) is 0.619. The summed E-state index contributed by atoms with van der Waals surface area (Å²) in [5.41, 5.74) is -0.304. The molecule has 0 radical (unpaired) electrons. The van der Waals surface area contributed by atoms with Crippen molar-refractivity contribution in [1.29, 1.82) is 0 Å². The van der Waals surface area contributed by atoms with Gasteiger partial charge in [-0.2, -0.15) is 0 Å². The fourth-order valence-electron chi connectivity index (χ4n) is 4.73. The van der Waals surface area contributed by atoms with Crippen molar-refractivity contribution in [2.75, 3.05) is 32.7 Å². The second-order valence-electron chi connectivity index (χ2n) is 8.49. The van der Waals surface area contributed by atoms with Crippen molar-refractivity contribution in [3.05, 3.63) is 34.6 Å². The SMILES string of the molecule is O=C(c1cc(F)cc(Cl)c1)N1CCC2(CC1)CC(CN1CCC(O)CC1)OC2=O. The normalized spacial score (nSPS) is 25.4. The lowest BCUT2D eigenvalue weighted by atomic mass is 9.76. The van der Waals surface area contributed by atoms with Gasteiger partial charge in [0.25, 0.3) is 5.91 Å². The number of rotatable bonds is 3. The van der Waals surface area contributed by atoms with E-state index in [1.807, 2.05) is 0 Å². The predicted molar refractivity (Wildman–Crippen MR) is 105 cm³/mol. The lowest BCUT2D eigenvalue weighted by Gasteiger charge is -2.36. The van der Waals surface area contributed by atoms with Gasteiger partial charge in [0, 0.05) is 49.7 Å². The lowest BCUT2D eigenvalue weighted by molar-refractivity contribution is -0.151. The van der Waals surface area contributed by atoms with Gasteiger partial charge in [-0.3, -0.25) is 14.5 Å². The van der Waals surface area contributed by atoms with Crippen LogP contribution >= 0.6 is 11.6 Å². The Hall–Kier alpha value is -1.70. The van der Waals surface area contributed by atoms with E-state index < -0.39 is 11.2 Å². The number of cyclic esters (lactones) is 1. The number of benzene rings is 1. The third-order valence-corrected chi connectivity index (χ3v) is 6.68. The van der Waals surface area contributed by atoms with Crippen LogP contribution in [0.15, 0.2) is 18.2 Å². The number of hydrogen-bond donors (Lipinski definition) is 1. The van der Waals surface area contributed by atoms with E-state index in [9.17, 15) is 19.1 Å². The summed E-state index contributed by atoms with van der Waals surface area (Å²) in [6, 6.07) is 3.82.